The molecule has 0 spiro atoms. The first-order chi connectivity index (χ1) is 8.75. The molecule has 1 aromatic heterocycles. The monoisotopic (exact) mass is 276 g/mol. The average molecular weight is 276 g/mol. The summed E-state index contributed by atoms with van der Waals surface area (Å²) >= 11 is 0. The van der Waals surface area contributed by atoms with Gasteiger partial charge >= 0.3 is 12.1 Å². The van der Waals surface area contributed by atoms with Crippen molar-refractivity contribution in [1.29, 1.82) is 0 Å². The van der Waals surface area contributed by atoms with Gasteiger partial charge in [-0.05, 0) is 26.0 Å². The molecule has 1 N–H and O–H groups in total. The van der Waals surface area contributed by atoms with E-state index in [9.17, 15) is 18.0 Å². The Bertz CT molecular complexity index is 432. The molecule has 106 valence electrons. The van der Waals surface area contributed by atoms with Gasteiger partial charge in [0, 0.05) is 18.8 Å². The average Bonchev–Trinajstić information content (AvgIpc) is 2.28. The molecule has 0 aliphatic rings. The molecule has 0 aliphatic carbocycles. The molecule has 19 heavy (non-hydrogen) atoms. The minimum absolute atomic E-state index is 0.101. The Morgan fingerprint density at radius 3 is 2.47 bits per heavy atom. The highest BCUT2D eigenvalue weighted by molar-refractivity contribution is 5.68. The molecule has 1 rings (SSSR count). The normalized spacial score (nSPS) is 13.1. The number of aromatic nitrogens is 1. The zero-order valence-corrected chi connectivity index (χ0v) is 10.6. The van der Waals surface area contributed by atoms with Crippen LogP contribution in [0, 0.1) is 0 Å². The van der Waals surface area contributed by atoms with Crippen LogP contribution >= 0.6 is 0 Å². The summed E-state index contributed by atoms with van der Waals surface area (Å²) in [5, 5.41) is 8.73. The lowest BCUT2D eigenvalue weighted by Crippen LogP contribution is -2.35. The van der Waals surface area contributed by atoms with Gasteiger partial charge in [-0.1, -0.05) is 0 Å². The van der Waals surface area contributed by atoms with E-state index >= 15 is 0 Å². The summed E-state index contributed by atoms with van der Waals surface area (Å²) in [7, 11) is 0. The van der Waals surface area contributed by atoms with Crippen molar-refractivity contribution in [3.8, 4) is 0 Å². The number of halogens is 3. The van der Waals surface area contributed by atoms with Crippen molar-refractivity contribution in [2.45, 2.75) is 32.5 Å². The van der Waals surface area contributed by atoms with Crippen molar-refractivity contribution in [3.63, 3.8) is 0 Å². The van der Waals surface area contributed by atoms with Crippen LogP contribution in [0.5, 0.6) is 0 Å². The van der Waals surface area contributed by atoms with E-state index in [1.54, 1.807) is 18.7 Å². The van der Waals surface area contributed by atoms with Gasteiger partial charge in [0.05, 0.1) is 12.0 Å². The van der Waals surface area contributed by atoms with Crippen LogP contribution in [-0.4, -0.2) is 28.6 Å². The van der Waals surface area contributed by atoms with Crippen molar-refractivity contribution in [2.24, 2.45) is 0 Å². The van der Waals surface area contributed by atoms with Gasteiger partial charge in [0.15, 0.2) is 0 Å². The fraction of sp³-hybridized carbons (Fsp3) is 0.500. The molecular formula is C12H15F3N2O2. The van der Waals surface area contributed by atoms with Gasteiger partial charge in [-0.25, -0.2) is 4.98 Å². The number of hydrogen-bond acceptors (Lipinski definition) is 3. The Morgan fingerprint density at radius 2 is 2.11 bits per heavy atom. The van der Waals surface area contributed by atoms with Gasteiger partial charge < -0.3 is 10.0 Å². The third-order valence-electron chi connectivity index (χ3n) is 2.71. The number of carboxylic acid groups (broad SMARTS) is 1. The summed E-state index contributed by atoms with van der Waals surface area (Å²) in [5.74, 6) is -0.623. The van der Waals surface area contributed by atoms with Gasteiger partial charge in [0.25, 0.3) is 0 Å². The molecule has 0 radical (unpaired) electrons. The number of anilines is 1. The largest absolute Gasteiger partial charge is 0.481 e. The molecule has 0 aromatic carbocycles. The van der Waals surface area contributed by atoms with E-state index < -0.39 is 17.7 Å². The number of aliphatic carboxylic acids is 1. The molecule has 0 saturated carbocycles. The number of nitrogens with zero attached hydrogens (tertiary/aromatic N) is 2. The quantitative estimate of drug-likeness (QED) is 0.898. The zero-order chi connectivity index (χ0) is 14.6. The van der Waals surface area contributed by atoms with E-state index in [-0.39, 0.29) is 12.5 Å². The predicted octanol–water partition coefficient (Wildman–Crippen LogP) is 2.79. The topological polar surface area (TPSA) is 53.4 Å². The Hall–Kier alpha value is -1.79. The summed E-state index contributed by atoms with van der Waals surface area (Å²) in [4.78, 5) is 16.1. The summed E-state index contributed by atoms with van der Waals surface area (Å²) in [6, 6.07) is 1.86. The first-order valence-corrected chi connectivity index (χ1v) is 5.77. The number of pyridine rings is 1. The van der Waals surface area contributed by atoms with Crippen LogP contribution < -0.4 is 4.90 Å². The van der Waals surface area contributed by atoms with Crippen LogP contribution in [0.2, 0.25) is 0 Å². The van der Waals surface area contributed by atoms with E-state index in [0.29, 0.717) is 12.4 Å². The lowest BCUT2D eigenvalue weighted by molar-refractivity contribution is -0.138. The van der Waals surface area contributed by atoms with Crippen LogP contribution in [0.25, 0.3) is 0 Å². The molecule has 1 heterocycles. The first kappa shape index (κ1) is 15.3. The standard InChI is InChI=1S/C12H15F3N2O2/c1-3-17(8(2)6-11(18)19)10-5-4-9(7-16-10)12(13,14)15/h4-5,7-8H,3,6H2,1-2H3,(H,18,19). The summed E-state index contributed by atoms with van der Waals surface area (Å²) in [5.41, 5.74) is -0.821. The van der Waals surface area contributed by atoms with E-state index in [1.165, 1.54) is 6.07 Å². The second-order valence-corrected chi connectivity index (χ2v) is 4.14. The van der Waals surface area contributed by atoms with Crippen molar-refractivity contribution in [1.82, 2.24) is 4.98 Å². The maximum atomic E-state index is 12.4. The first-order valence-electron chi connectivity index (χ1n) is 5.77. The van der Waals surface area contributed by atoms with Gasteiger partial charge in [0.1, 0.15) is 5.82 Å². The summed E-state index contributed by atoms with van der Waals surface area (Å²) in [6.07, 6.45) is -3.77. The smallest absolute Gasteiger partial charge is 0.417 e. The maximum Gasteiger partial charge on any atom is 0.417 e. The molecule has 1 unspecified atom stereocenters. The van der Waals surface area contributed by atoms with Crippen molar-refractivity contribution >= 4 is 11.8 Å². The van der Waals surface area contributed by atoms with Crippen molar-refractivity contribution in [2.75, 3.05) is 11.4 Å². The van der Waals surface area contributed by atoms with E-state index in [4.69, 9.17) is 5.11 Å². The van der Waals surface area contributed by atoms with Crippen molar-refractivity contribution < 1.29 is 23.1 Å². The van der Waals surface area contributed by atoms with E-state index in [1.807, 2.05) is 0 Å². The van der Waals surface area contributed by atoms with Gasteiger partial charge in [-0.15, -0.1) is 0 Å². The van der Waals surface area contributed by atoms with Gasteiger partial charge in [0.2, 0.25) is 0 Å². The highest BCUT2D eigenvalue weighted by Gasteiger charge is 2.31. The molecule has 0 fully saturated rings. The van der Waals surface area contributed by atoms with E-state index in [2.05, 4.69) is 4.98 Å². The van der Waals surface area contributed by atoms with Crippen LogP contribution in [0.4, 0.5) is 19.0 Å². The number of carboxylic acids is 1. The van der Waals surface area contributed by atoms with Gasteiger partial charge in [-0.2, -0.15) is 13.2 Å². The predicted molar refractivity (Wildman–Crippen MR) is 64.0 cm³/mol. The van der Waals surface area contributed by atoms with Gasteiger partial charge in [-0.3, -0.25) is 4.79 Å². The molecule has 7 heteroatoms. The van der Waals surface area contributed by atoms with Crippen LogP contribution in [-0.2, 0) is 11.0 Å². The maximum absolute atomic E-state index is 12.4. The Kier molecular flexibility index (Phi) is 4.74. The van der Waals surface area contributed by atoms with Crippen molar-refractivity contribution in [3.05, 3.63) is 23.9 Å². The molecular weight excluding hydrogens is 261 g/mol. The lowest BCUT2D eigenvalue weighted by atomic mass is 10.2. The van der Waals surface area contributed by atoms with Crippen LogP contribution in [0.3, 0.4) is 0 Å². The van der Waals surface area contributed by atoms with Crippen LogP contribution in [0.15, 0.2) is 18.3 Å². The molecule has 0 saturated heterocycles. The Morgan fingerprint density at radius 1 is 1.47 bits per heavy atom. The number of rotatable bonds is 5. The third-order valence-corrected chi connectivity index (χ3v) is 2.71. The summed E-state index contributed by atoms with van der Waals surface area (Å²) < 4.78 is 37.2. The highest BCUT2D eigenvalue weighted by atomic mass is 19.4. The number of alkyl halides is 3. The third kappa shape index (κ3) is 4.11. The minimum Gasteiger partial charge on any atom is -0.481 e. The molecule has 1 atom stereocenters. The lowest BCUT2D eigenvalue weighted by Gasteiger charge is -2.28. The van der Waals surface area contributed by atoms with E-state index in [0.717, 1.165) is 12.3 Å². The molecule has 0 aliphatic heterocycles. The SMILES string of the molecule is CCN(c1ccc(C(F)(F)F)cn1)C(C)CC(=O)O. The fourth-order valence-electron chi connectivity index (χ4n) is 1.79. The highest BCUT2D eigenvalue weighted by Crippen LogP contribution is 2.29. The second kappa shape index (κ2) is 5.90. The fourth-order valence-corrected chi connectivity index (χ4v) is 1.79. The van der Waals surface area contributed by atoms with Crippen LogP contribution in [0.1, 0.15) is 25.8 Å². The molecule has 1 aromatic rings. The summed E-state index contributed by atoms with van der Waals surface area (Å²) in [6.45, 7) is 3.95. The number of hydrogen-bond donors (Lipinski definition) is 1. The second-order valence-electron chi connectivity index (χ2n) is 4.14. The zero-order valence-electron chi connectivity index (χ0n) is 10.6. The molecule has 0 amide bonds. The Balaban J connectivity index is 2.91. The Labute approximate surface area is 108 Å². The minimum atomic E-state index is -4.42. The molecule has 0 bridgehead atoms. The number of carbonyl (C=O) groups is 1. The molecule has 4 nitrogen and oxygen atoms in total.